The Morgan fingerprint density at radius 3 is 2.47 bits per heavy atom. The highest BCUT2D eigenvalue weighted by Crippen LogP contribution is 2.17. The molecule has 0 saturated carbocycles. The molecule has 3 heteroatoms. The maximum atomic E-state index is 12.1. The quantitative estimate of drug-likeness (QED) is 0.808. The number of carbonyl (C=O) groups excluding carboxylic acids is 1. The summed E-state index contributed by atoms with van der Waals surface area (Å²) < 4.78 is 0. The van der Waals surface area contributed by atoms with Crippen molar-refractivity contribution in [3.63, 3.8) is 0 Å². The smallest absolute Gasteiger partial charge is 0.225 e. The molecule has 0 N–H and O–H groups in total. The van der Waals surface area contributed by atoms with Gasteiger partial charge in [-0.2, -0.15) is 0 Å². The number of carbonyl (C=O) groups is 1. The van der Waals surface area contributed by atoms with E-state index >= 15 is 0 Å². The van der Waals surface area contributed by atoms with Gasteiger partial charge >= 0.3 is 0 Å². The first-order valence-corrected chi connectivity index (χ1v) is 6.58. The molecule has 1 aromatic carbocycles. The Labute approximate surface area is 108 Å². The van der Waals surface area contributed by atoms with Crippen LogP contribution in [0.4, 0.5) is 0 Å². The van der Waals surface area contributed by atoms with Crippen LogP contribution in [0.25, 0.3) is 0 Å². The summed E-state index contributed by atoms with van der Waals surface area (Å²) in [6.07, 6.45) is 3.10. The lowest BCUT2D eigenvalue weighted by molar-refractivity contribution is -0.133. The van der Waals surface area contributed by atoms with Crippen molar-refractivity contribution in [2.75, 3.05) is 13.1 Å². The van der Waals surface area contributed by atoms with Crippen LogP contribution in [-0.2, 0) is 11.2 Å². The second-order valence-corrected chi connectivity index (χ2v) is 5.20. The molecule has 0 bridgehead atoms. The number of likely N-dealkylation sites (tertiary alicyclic amines) is 1. The fraction of sp³-hybridized carbons (Fsp3) is 0.500. The van der Waals surface area contributed by atoms with E-state index in [4.69, 9.17) is 11.6 Å². The van der Waals surface area contributed by atoms with Crippen LogP contribution in [0.2, 0.25) is 5.02 Å². The van der Waals surface area contributed by atoms with Crippen LogP contribution in [0, 0.1) is 5.92 Å². The zero-order valence-corrected chi connectivity index (χ0v) is 10.9. The predicted octanol–water partition coefficient (Wildman–Crippen LogP) is 3.14. The third-order valence-corrected chi connectivity index (χ3v) is 3.55. The number of hydrogen-bond acceptors (Lipinski definition) is 1. The van der Waals surface area contributed by atoms with Crippen LogP contribution in [0.5, 0.6) is 0 Å². The average molecular weight is 252 g/mol. The van der Waals surface area contributed by atoms with E-state index in [9.17, 15) is 4.79 Å². The highest BCUT2D eigenvalue weighted by atomic mass is 35.5. The molecule has 0 spiro atoms. The molecule has 17 heavy (non-hydrogen) atoms. The van der Waals surface area contributed by atoms with E-state index < -0.39 is 0 Å². The van der Waals surface area contributed by atoms with Crippen LogP contribution < -0.4 is 0 Å². The summed E-state index contributed by atoms with van der Waals surface area (Å²) in [5.41, 5.74) is 1.18. The normalized spacial score (nSPS) is 17.2. The van der Waals surface area contributed by atoms with E-state index in [1.165, 1.54) is 5.56 Å². The fourth-order valence-corrected chi connectivity index (χ4v) is 2.44. The summed E-state index contributed by atoms with van der Waals surface area (Å²) in [5, 5.41) is 0.743. The number of nitrogens with zero attached hydrogens (tertiary/aromatic N) is 1. The predicted molar refractivity (Wildman–Crippen MR) is 70.1 cm³/mol. The van der Waals surface area contributed by atoms with E-state index in [0.29, 0.717) is 0 Å². The standard InChI is InChI=1S/C14H18ClNO/c1-11(14(17)16-8-2-3-9-16)10-12-4-6-13(15)7-5-12/h4-7,11H,2-3,8-10H2,1H3. The molecule has 92 valence electrons. The maximum Gasteiger partial charge on any atom is 0.225 e. The SMILES string of the molecule is CC(Cc1ccc(Cl)cc1)C(=O)N1CCCC1. The number of halogens is 1. The highest BCUT2D eigenvalue weighted by Gasteiger charge is 2.23. The van der Waals surface area contributed by atoms with Gasteiger partial charge in [-0.05, 0) is 37.0 Å². The number of amides is 1. The molecule has 1 heterocycles. The average Bonchev–Trinajstić information content (AvgIpc) is 2.84. The van der Waals surface area contributed by atoms with Gasteiger partial charge in [-0.25, -0.2) is 0 Å². The van der Waals surface area contributed by atoms with E-state index in [-0.39, 0.29) is 11.8 Å². The van der Waals surface area contributed by atoms with E-state index in [1.54, 1.807) is 0 Å². The largest absolute Gasteiger partial charge is 0.342 e. The second kappa shape index (κ2) is 5.54. The molecule has 1 aliphatic heterocycles. The fourth-order valence-electron chi connectivity index (χ4n) is 2.31. The lowest BCUT2D eigenvalue weighted by Gasteiger charge is -2.20. The molecule has 1 aliphatic rings. The Morgan fingerprint density at radius 1 is 1.29 bits per heavy atom. The molecule has 1 unspecified atom stereocenters. The molecule has 0 aromatic heterocycles. The maximum absolute atomic E-state index is 12.1. The first kappa shape index (κ1) is 12.4. The molecular formula is C14H18ClNO. The van der Waals surface area contributed by atoms with Gasteiger partial charge in [0.2, 0.25) is 5.91 Å². The van der Waals surface area contributed by atoms with Gasteiger partial charge in [-0.3, -0.25) is 4.79 Å². The Balaban J connectivity index is 1.93. The van der Waals surface area contributed by atoms with Crippen molar-refractivity contribution in [2.45, 2.75) is 26.2 Å². The van der Waals surface area contributed by atoms with Gasteiger partial charge in [-0.1, -0.05) is 30.7 Å². The molecule has 1 atom stereocenters. The lowest BCUT2D eigenvalue weighted by Crippen LogP contribution is -2.33. The Kier molecular flexibility index (Phi) is 4.06. The first-order valence-electron chi connectivity index (χ1n) is 6.20. The van der Waals surface area contributed by atoms with Gasteiger partial charge in [0.05, 0.1) is 0 Å². The van der Waals surface area contributed by atoms with E-state index in [2.05, 4.69) is 0 Å². The summed E-state index contributed by atoms with van der Waals surface area (Å²) in [7, 11) is 0. The van der Waals surface area contributed by atoms with Gasteiger partial charge in [0, 0.05) is 24.0 Å². The lowest BCUT2D eigenvalue weighted by atomic mass is 10.00. The zero-order valence-electron chi connectivity index (χ0n) is 10.2. The third kappa shape index (κ3) is 3.22. The van der Waals surface area contributed by atoms with Crippen molar-refractivity contribution in [1.82, 2.24) is 4.90 Å². The molecule has 1 saturated heterocycles. The van der Waals surface area contributed by atoms with E-state index in [0.717, 1.165) is 37.4 Å². The van der Waals surface area contributed by atoms with Crippen LogP contribution in [0.1, 0.15) is 25.3 Å². The summed E-state index contributed by atoms with van der Waals surface area (Å²) in [4.78, 5) is 14.1. The molecule has 0 radical (unpaired) electrons. The van der Waals surface area contributed by atoms with Crippen LogP contribution in [0.3, 0.4) is 0 Å². The van der Waals surface area contributed by atoms with Crippen LogP contribution in [0.15, 0.2) is 24.3 Å². The monoisotopic (exact) mass is 251 g/mol. The van der Waals surface area contributed by atoms with Crippen LogP contribution in [-0.4, -0.2) is 23.9 Å². The van der Waals surface area contributed by atoms with Gasteiger partial charge in [0.1, 0.15) is 0 Å². The van der Waals surface area contributed by atoms with Crippen molar-refractivity contribution in [1.29, 1.82) is 0 Å². The zero-order chi connectivity index (χ0) is 12.3. The third-order valence-electron chi connectivity index (χ3n) is 3.29. The minimum Gasteiger partial charge on any atom is -0.342 e. The second-order valence-electron chi connectivity index (χ2n) is 4.76. The summed E-state index contributed by atoms with van der Waals surface area (Å²) >= 11 is 5.84. The summed E-state index contributed by atoms with van der Waals surface area (Å²) in [6, 6.07) is 7.75. The van der Waals surface area contributed by atoms with Gasteiger partial charge in [-0.15, -0.1) is 0 Å². The van der Waals surface area contributed by atoms with Crippen molar-refractivity contribution < 1.29 is 4.79 Å². The summed E-state index contributed by atoms with van der Waals surface area (Å²) in [6.45, 7) is 3.88. The molecule has 2 rings (SSSR count). The van der Waals surface area contributed by atoms with Gasteiger partial charge < -0.3 is 4.90 Å². The Bertz CT molecular complexity index is 382. The molecule has 1 aromatic rings. The molecule has 1 fully saturated rings. The van der Waals surface area contributed by atoms with Gasteiger partial charge in [0.15, 0.2) is 0 Å². The van der Waals surface area contributed by atoms with Crippen molar-refractivity contribution in [3.8, 4) is 0 Å². The number of benzene rings is 1. The Morgan fingerprint density at radius 2 is 1.88 bits per heavy atom. The molecule has 2 nitrogen and oxygen atoms in total. The highest BCUT2D eigenvalue weighted by molar-refractivity contribution is 6.30. The number of rotatable bonds is 3. The van der Waals surface area contributed by atoms with E-state index in [1.807, 2.05) is 36.1 Å². The molecular weight excluding hydrogens is 234 g/mol. The molecule has 0 aliphatic carbocycles. The molecule has 1 amide bonds. The van der Waals surface area contributed by atoms with Gasteiger partial charge in [0.25, 0.3) is 0 Å². The summed E-state index contributed by atoms with van der Waals surface area (Å²) in [5.74, 6) is 0.353. The Hall–Kier alpha value is -1.02. The van der Waals surface area contributed by atoms with Crippen molar-refractivity contribution >= 4 is 17.5 Å². The topological polar surface area (TPSA) is 20.3 Å². The minimum atomic E-state index is 0.0641. The van der Waals surface area contributed by atoms with Crippen molar-refractivity contribution in [3.05, 3.63) is 34.9 Å². The van der Waals surface area contributed by atoms with Crippen LogP contribution >= 0.6 is 11.6 Å². The number of hydrogen-bond donors (Lipinski definition) is 0. The van der Waals surface area contributed by atoms with Crippen molar-refractivity contribution in [2.24, 2.45) is 5.92 Å². The first-order chi connectivity index (χ1) is 8.16. The minimum absolute atomic E-state index is 0.0641.